The van der Waals surface area contributed by atoms with Crippen LogP contribution in [0, 0.1) is 0 Å². The van der Waals surface area contributed by atoms with E-state index in [9.17, 15) is 0 Å². The van der Waals surface area contributed by atoms with E-state index in [1.54, 1.807) is 24.3 Å². The monoisotopic (exact) mass is 208 g/mol. The van der Waals surface area contributed by atoms with E-state index < -0.39 is 0 Å². The molecule has 0 bridgehead atoms. The first-order valence-corrected chi connectivity index (χ1v) is 4.80. The standard InChI is InChI=1S/C9H8N2O2S/c12-5-7-1-3-8(4-2-7)13-9-10-6-11-14-9/h1-4,6,12H,5H2. The zero-order valence-corrected chi connectivity index (χ0v) is 8.07. The van der Waals surface area contributed by atoms with Crippen LogP contribution in [0.15, 0.2) is 30.6 Å². The lowest BCUT2D eigenvalue weighted by Gasteiger charge is -2.01. The van der Waals surface area contributed by atoms with Gasteiger partial charge in [-0.25, -0.2) is 0 Å². The molecule has 0 unspecified atom stereocenters. The van der Waals surface area contributed by atoms with Gasteiger partial charge in [-0.1, -0.05) is 12.1 Å². The van der Waals surface area contributed by atoms with Crippen molar-refractivity contribution in [1.82, 2.24) is 9.36 Å². The molecular formula is C9H8N2O2S. The Hall–Kier alpha value is -1.46. The zero-order valence-electron chi connectivity index (χ0n) is 7.25. The number of rotatable bonds is 3. The first-order valence-electron chi connectivity index (χ1n) is 4.03. The van der Waals surface area contributed by atoms with Crippen LogP contribution in [0.5, 0.6) is 10.9 Å². The molecule has 0 atom stereocenters. The second-order valence-electron chi connectivity index (χ2n) is 2.61. The van der Waals surface area contributed by atoms with Crippen LogP contribution >= 0.6 is 11.5 Å². The van der Waals surface area contributed by atoms with E-state index in [0.29, 0.717) is 10.9 Å². The summed E-state index contributed by atoms with van der Waals surface area (Å²) in [7, 11) is 0. The Labute approximate surface area is 85.0 Å². The summed E-state index contributed by atoms with van der Waals surface area (Å²) in [6.45, 7) is 0.0408. The lowest BCUT2D eigenvalue weighted by molar-refractivity contribution is 0.281. The molecule has 14 heavy (non-hydrogen) atoms. The maximum Gasteiger partial charge on any atom is 0.298 e. The SMILES string of the molecule is OCc1ccc(Oc2ncns2)cc1. The topological polar surface area (TPSA) is 55.2 Å². The highest BCUT2D eigenvalue weighted by molar-refractivity contribution is 7.07. The normalized spacial score (nSPS) is 10.1. The predicted octanol–water partition coefficient (Wildman–Crippen LogP) is 1.82. The summed E-state index contributed by atoms with van der Waals surface area (Å²) in [4.78, 5) is 3.89. The summed E-state index contributed by atoms with van der Waals surface area (Å²) in [5.74, 6) is 0.693. The maximum absolute atomic E-state index is 8.82. The highest BCUT2D eigenvalue weighted by atomic mass is 32.1. The summed E-state index contributed by atoms with van der Waals surface area (Å²) < 4.78 is 9.20. The third-order valence-electron chi connectivity index (χ3n) is 1.65. The molecule has 1 heterocycles. The number of aliphatic hydroxyl groups excluding tert-OH is 1. The lowest BCUT2D eigenvalue weighted by Crippen LogP contribution is -1.85. The maximum atomic E-state index is 8.82. The largest absolute Gasteiger partial charge is 0.430 e. The second kappa shape index (κ2) is 4.17. The third-order valence-corrected chi connectivity index (χ3v) is 2.20. The van der Waals surface area contributed by atoms with Gasteiger partial charge in [-0.15, -0.1) is 0 Å². The van der Waals surface area contributed by atoms with Gasteiger partial charge in [-0.05, 0) is 17.7 Å². The molecule has 0 fully saturated rings. The van der Waals surface area contributed by atoms with E-state index >= 15 is 0 Å². The van der Waals surface area contributed by atoms with Crippen molar-refractivity contribution in [1.29, 1.82) is 0 Å². The van der Waals surface area contributed by atoms with Crippen molar-refractivity contribution in [3.8, 4) is 10.9 Å². The van der Waals surface area contributed by atoms with Gasteiger partial charge < -0.3 is 9.84 Å². The minimum absolute atomic E-state index is 0.0408. The van der Waals surface area contributed by atoms with Gasteiger partial charge in [0.2, 0.25) is 0 Å². The van der Waals surface area contributed by atoms with E-state index in [-0.39, 0.29) is 6.61 Å². The zero-order chi connectivity index (χ0) is 9.80. The quantitative estimate of drug-likeness (QED) is 0.836. The fraction of sp³-hybridized carbons (Fsp3) is 0.111. The number of aromatic nitrogens is 2. The summed E-state index contributed by atoms with van der Waals surface area (Å²) in [6.07, 6.45) is 1.45. The van der Waals surface area contributed by atoms with Crippen molar-refractivity contribution in [2.75, 3.05) is 0 Å². The Bertz CT molecular complexity index is 386. The van der Waals surface area contributed by atoms with Crippen molar-refractivity contribution < 1.29 is 9.84 Å². The molecule has 5 heteroatoms. The molecule has 0 radical (unpaired) electrons. The average Bonchev–Trinajstić information content (AvgIpc) is 2.72. The molecule has 4 nitrogen and oxygen atoms in total. The minimum Gasteiger partial charge on any atom is -0.430 e. The number of benzene rings is 1. The minimum atomic E-state index is 0.0408. The third kappa shape index (κ3) is 2.07. The Kier molecular flexibility index (Phi) is 2.71. The Balaban J connectivity index is 2.10. The molecule has 72 valence electrons. The van der Waals surface area contributed by atoms with E-state index in [1.807, 2.05) is 0 Å². The fourth-order valence-electron chi connectivity index (χ4n) is 0.972. The number of hydrogen-bond acceptors (Lipinski definition) is 5. The van der Waals surface area contributed by atoms with Crippen molar-refractivity contribution in [2.24, 2.45) is 0 Å². The van der Waals surface area contributed by atoms with E-state index in [4.69, 9.17) is 9.84 Å². The molecule has 2 rings (SSSR count). The van der Waals surface area contributed by atoms with Gasteiger partial charge in [-0.2, -0.15) is 9.36 Å². The number of nitrogens with zero attached hydrogens (tertiary/aromatic N) is 2. The molecule has 0 amide bonds. The molecule has 0 spiro atoms. The van der Waals surface area contributed by atoms with Gasteiger partial charge in [0.25, 0.3) is 5.19 Å². The number of ether oxygens (including phenoxy) is 1. The summed E-state index contributed by atoms with van der Waals surface area (Å²) in [6, 6.07) is 7.17. The molecule has 0 aliphatic carbocycles. The van der Waals surface area contributed by atoms with Crippen LogP contribution in [0.1, 0.15) is 5.56 Å². The van der Waals surface area contributed by atoms with Crippen LogP contribution in [-0.4, -0.2) is 14.5 Å². The molecule has 0 saturated carbocycles. The van der Waals surface area contributed by atoms with E-state index in [0.717, 1.165) is 5.56 Å². The van der Waals surface area contributed by atoms with Crippen LogP contribution in [0.2, 0.25) is 0 Å². The predicted molar refractivity (Wildman–Crippen MR) is 52.3 cm³/mol. The van der Waals surface area contributed by atoms with Crippen LogP contribution in [-0.2, 0) is 6.61 Å². The molecule has 2 aromatic rings. The highest BCUT2D eigenvalue weighted by Crippen LogP contribution is 2.21. The molecule has 1 N–H and O–H groups in total. The van der Waals surface area contributed by atoms with Crippen molar-refractivity contribution in [2.45, 2.75) is 6.61 Å². The second-order valence-corrected chi connectivity index (χ2v) is 3.35. The van der Waals surface area contributed by atoms with Crippen LogP contribution in [0.25, 0.3) is 0 Å². The fourth-order valence-corrected chi connectivity index (χ4v) is 1.38. The van der Waals surface area contributed by atoms with Crippen molar-refractivity contribution in [3.63, 3.8) is 0 Å². The molecule has 0 aliphatic rings. The van der Waals surface area contributed by atoms with Crippen molar-refractivity contribution >= 4 is 11.5 Å². The van der Waals surface area contributed by atoms with Gasteiger partial charge in [0.15, 0.2) is 0 Å². The van der Waals surface area contributed by atoms with Gasteiger partial charge in [-0.3, -0.25) is 0 Å². The highest BCUT2D eigenvalue weighted by Gasteiger charge is 1.99. The van der Waals surface area contributed by atoms with Crippen LogP contribution in [0.3, 0.4) is 0 Å². The van der Waals surface area contributed by atoms with E-state index in [1.165, 1.54) is 17.9 Å². The molecular weight excluding hydrogens is 200 g/mol. The van der Waals surface area contributed by atoms with Crippen LogP contribution in [0.4, 0.5) is 0 Å². The summed E-state index contributed by atoms with van der Waals surface area (Å²) in [5, 5.41) is 9.34. The van der Waals surface area contributed by atoms with Gasteiger partial charge in [0.1, 0.15) is 12.1 Å². The van der Waals surface area contributed by atoms with Gasteiger partial charge in [0.05, 0.1) is 6.61 Å². The Morgan fingerprint density at radius 2 is 2.07 bits per heavy atom. The molecule has 1 aromatic carbocycles. The lowest BCUT2D eigenvalue weighted by atomic mass is 10.2. The molecule has 0 aliphatic heterocycles. The van der Waals surface area contributed by atoms with Crippen molar-refractivity contribution in [3.05, 3.63) is 36.2 Å². The smallest absolute Gasteiger partial charge is 0.298 e. The van der Waals surface area contributed by atoms with Gasteiger partial charge >= 0.3 is 0 Å². The first-order chi connectivity index (χ1) is 6.88. The Morgan fingerprint density at radius 1 is 1.29 bits per heavy atom. The van der Waals surface area contributed by atoms with E-state index in [2.05, 4.69) is 9.36 Å². The summed E-state index contributed by atoms with van der Waals surface area (Å²) >= 11 is 1.19. The average molecular weight is 208 g/mol. The Morgan fingerprint density at radius 3 is 2.64 bits per heavy atom. The van der Waals surface area contributed by atoms with Crippen LogP contribution < -0.4 is 4.74 Å². The number of hydrogen-bond donors (Lipinski definition) is 1. The number of aliphatic hydroxyl groups is 1. The first kappa shape index (κ1) is 9.11. The molecule has 0 saturated heterocycles. The molecule has 1 aromatic heterocycles. The van der Waals surface area contributed by atoms with Gasteiger partial charge in [0, 0.05) is 11.5 Å². The summed E-state index contributed by atoms with van der Waals surface area (Å²) in [5.41, 5.74) is 0.856.